The summed E-state index contributed by atoms with van der Waals surface area (Å²) in [6.45, 7) is 3.38. The van der Waals surface area contributed by atoms with Crippen LogP contribution in [0.25, 0.3) is 6.08 Å². The van der Waals surface area contributed by atoms with Crippen LogP contribution in [-0.2, 0) is 11.3 Å². The van der Waals surface area contributed by atoms with E-state index < -0.39 is 0 Å². The van der Waals surface area contributed by atoms with E-state index in [-0.39, 0.29) is 38.1 Å². The molecule has 8 heteroatoms. The molecule has 0 atom stereocenters. The molecular weight excluding hydrogens is 276 g/mol. The Morgan fingerprint density at radius 2 is 1.86 bits per heavy atom. The van der Waals surface area contributed by atoms with Gasteiger partial charge in [-0.15, -0.1) is 0 Å². The quantitative estimate of drug-likeness (QED) is 0.633. The summed E-state index contributed by atoms with van der Waals surface area (Å²) >= 11 is 0. The highest BCUT2D eigenvalue weighted by molar-refractivity contribution is 6.26. The van der Waals surface area contributed by atoms with Gasteiger partial charge in [-0.05, 0) is 19.9 Å². The number of aromatic hydroxyl groups is 1. The fraction of sp³-hybridized carbons (Fsp3) is 0.462. The lowest BCUT2D eigenvalue weighted by Crippen LogP contribution is -2.25. The number of amides is 1. The van der Waals surface area contributed by atoms with Crippen LogP contribution in [0.15, 0.2) is 10.7 Å². The molecule has 0 aliphatic carbocycles. The first-order chi connectivity index (χ1) is 9.99. The van der Waals surface area contributed by atoms with E-state index in [4.69, 9.17) is 10.2 Å². The van der Waals surface area contributed by atoms with Gasteiger partial charge in [0.25, 0.3) is 5.91 Å². The number of hydrogen-bond donors (Lipinski definition) is 3. The Bertz CT molecular complexity index is 618. The highest BCUT2D eigenvalue weighted by Crippen LogP contribution is 2.26. The highest BCUT2D eigenvalue weighted by atomic mass is 16.3. The topological polar surface area (TPSA) is 111 Å². The Labute approximate surface area is 121 Å². The standard InChI is InChI=1S/C13H18N4O4/c1-8-10(12(20)16(14-8)3-5-18)7-11-9(2)15-17(4-6-19)13(11)21/h7,18-20H,3-6H2,1-2H3. The molecule has 1 aliphatic heterocycles. The molecule has 0 spiro atoms. The molecule has 114 valence electrons. The van der Waals surface area contributed by atoms with Crippen molar-refractivity contribution in [1.82, 2.24) is 14.8 Å². The molecular formula is C13H18N4O4. The Hall–Kier alpha value is -2.19. The van der Waals surface area contributed by atoms with E-state index in [0.717, 1.165) is 0 Å². The number of nitrogens with zero attached hydrogens (tertiary/aromatic N) is 4. The third-order valence-electron chi connectivity index (χ3n) is 3.18. The smallest absolute Gasteiger partial charge is 0.275 e. The van der Waals surface area contributed by atoms with Crippen LogP contribution in [0.4, 0.5) is 0 Å². The van der Waals surface area contributed by atoms with E-state index in [0.29, 0.717) is 22.5 Å². The average molecular weight is 294 g/mol. The van der Waals surface area contributed by atoms with Crippen LogP contribution >= 0.6 is 0 Å². The molecule has 21 heavy (non-hydrogen) atoms. The van der Waals surface area contributed by atoms with Gasteiger partial charge in [0, 0.05) is 0 Å². The molecule has 1 aromatic heterocycles. The Kier molecular flexibility index (Phi) is 4.39. The Morgan fingerprint density at radius 3 is 2.48 bits per heavy atom. The van der Waals surface area contributed by atoms with Gasteiger partial charge in [-0.3, -0.25) is 4.79 Å². The third-order valence-corrected chi connectivity index (χ3v) is 3.18. The number of hydrogen-bond acceptors (Lipinski definition) is 6. The molecule has 2 heterocycles. The molecule has 2 rings (SSSR count). The van der Waals surface area contributed by atoms with Crippen molar-refractivity contribution in [2.45, 2.75) is 20.4 Å². The Balaban J connectivity index is 2.37. The van der Waals surface area contributed by atoms with Gasteiger partial charge in [0.15, 0.2) is 0 Å². The van der Waals surface area contributed by atoms with Crippen LogP contribution in [0.3, 0.4) is 0 Å². The number of carbonyl (C=O) groups is 1. The van der Waals surface area contributed by atoms with Crippen LogP contribution in [0.1, 0.15) is 18.2 Å². The summed E-state index contributed by atoms with van der Waals surface area (Å²) in [4.78, 5) is 12.1. The fourth-order valence-electron chi connectivity index (χ4n) is 2.13. The number of aliphatic hydroxyl groups excluding tert-OH is 2. The predicted octanol–water partition coefficient (Wildman–Crippen LogP) is -0.517. The SMILES string of the molecule is CC1=NN(CCO)C(=O)C1=Cc1c(C)nn(CCO)c1O. The van der Waals surface area contributed by atoms with E-state index in [9.17, 15) is 9.90 Å². The van der Waals surface area contributed by atoms with Gasteiger partial charge in [0.1, 0.15) is 0 Å². The zero-order valence-electron chi connectivity index (χ0n) is 11.9. The number of aliphatic hydroxyl groups is 2. The summed E-state index contributed by atoms with van der Waals surface area (Å²) in [5.74, 6) is -0.425. The van der Waals surface area contributed by atoms with Crippen molar-refractivity contribution in [1.29, 1.82) is 0 Å². The molecule has 0 fully saturated rings. The molecule has 1 aromatic rings. The lowest BCUT2D eigenvalue weighted by atomic mass is 10.1. The summed E-state index contributed by atoms with van der Waals surface area (Å²) in [5, 5.41) is 37.2. The van der Waals surface area contributed by atoms with Gasteiger partial charge in [-0.25, -0.2) is 9.69 Å². The van der Waals surface area contributed by atoms with Gasteiger partial charge in [0.05, 0.1) is 48.8 Å². The summed E-state index contributed by atoms with van der Waals surface area (Å²) in [5.41, 5.74) is 1.84. The zero-order valence-corrected chi connectivity index (χ0v) is 11.9. The predicted molar refractivity (Wildman–Crippen MR) is 75.6 cm³/mol. The van der Waals surface area contributed by atoms with Crippen molar-refractivity contribution < 1.29 is 20.1 Å². The summed E-state index contributed by atoms with van der Waals surface area (Å²) in [6.07, 6.45) is 1.53. The minimum atomic E-state index is -0.324. The second-order valence-electron chi connectivity index (χ2n) is 4.66. The molecule has 0 unspecified atom stereocenters. The number of aromatic nitrogens is 2. The maximum Gasteiger partial charge on any atom is 0.275 e. The largest absolute Gasteiger partial charge is 0.493 e. The van der Waals surface area contributed by atoms with E-state index in [1.54, 1.807) is 13.8 Å². The number of aryl methyl sites for hydroxylation is 1. The summed E-state index contributed by atoms with van der Waals surface area (Å²) in [6, 6.07) is 0. The number of β-amino-alcohol motifs (C(OH)–C–C–N with tert-alkyl or cyclic N) is 1. The molecule has 0 radical (unpaired) electrons. The minimum absolute atomic E-state index is 0.102. The zero-order chi connectivity index (χ0) is 15.6. The van der Waals surface area contributed by atoms with Crippen molar-refractivity contribution in [2.75, 3.05) is 19.8 Å². The first kappa shape index (κ1) is 15.2. The summed E-state index contributed by atoms with van der Waals surface area (Å²) < 4.78 is 1.28. The lowest BCUT2D eigenvalue weighted by Gasteiger charge is -2.08. The van der Waals surface area contributed by atoms with Crippen molar-refractivity contribution in [3.8, 4) is 5.88 Å². The second-order valence-corrected chi connectivity index (χ2v) is 4.66. The van der Waals surface area contributed by atoms with E-state index in [1.807, 2.05) is 0 Å². The van der Waals surface area contributed by atoms with Crippen LogP contribution < -0.4 is 0 Å². The van der Waals surface area contributed by atoms with Crippen LogP contribution in [-0.4, -0.2) is 61.5 Å². The van der Waals surface area contributed by atoms with Crippen LogP contribution in [0.5, 0.6) is 5.88 Å². The highest BCUT2D eigenvalue weighted by Gasteiger charge is 2.28. The molecule has 0 aromatic carbocycles. The van der Waals surface area contributed by atoms with E-state index in [1.165, 1.54) is 15.8 Å². The molecule has 1 amide bonds. The Morgan fingerprint density at radius 1 is 1.19 bits per heavy atom. The first-order valence-electron chi connectivity index (χ1n) is 6.56. The van der Waals surface area contributed by atoms with Crippen molar-refractivity contribution >= 4 is 17.7 Å². The van der Waals surface area contributed by atoms with Gasteiger partial charge < -0.3 is 15.3 Å². The van der Waals surface area contributed by atoms with Crippen LogP contribution in [0, 0.1) is 6.92 Å². The van der Waals surface area contributed by atoms with Gasteiger partial charge in [0.2, 0.25) is 5.88 Å². The van der Waals surface area contributed by atoms with E-state index in [2.05, 4.69) is 10.2 Å². The number of hydrazone groups is 1. The minimum Gasteiger partial charge on any atom is -0.493 e. The van der Waals surface area contributed by atoms with Crippen molar-refractivity contribution in [3.05, 3.63) is 16.8 Å². The molecule has 8 nitrogen and oxygen atoms in total. The number of rotatable bonds is 5. The maximum absolute atomic E-state index is 12.1. The monoisotopic (exact) mass is 294 g/mol. The molecule has 0 saturated carbocycles. The maximum atomic E-state index is 12.1. The lowest BCUT2D eigenvalue weighted by molar-refractivity contribution is -0.126. The van der Waals surface area contributed by atoms with Crippen molar-refractivity contribution in [3.63, 3.8) is 0 Å². The van der Waals surface area contributed by atoms with Gasteiger partial charge in [-0.1, -0.05) is 0 Å². The summed E-state index contributed by atoms with van der Waals surface area (Å²) in [7, 11) is 0. The number of carbonyl (C=O) groups excluding carboxylic acids is 1. The molecule has 1 aliphatic rings. The molecule has 0 bridgehead atoms. The fourth-order valence-corrected chi connectivity index (χ4v) is 2.13. The van der Waals surface area contributed by atoms with E-state index >= 15 is 0 Å². The van der Waals surface area contributed by atoms with Gasteiger partial charge in [-0.2, -0.15) is 10.2 Å². The van der Waals surface area contributed by atoms with Crippen LogP contribution in [0.2, 0.25) is 0 Å². The van der Waals surface area contributed by atoms with Crippen molar-refractivity contribution in [2.24, 2.45) is 5.10 Å². The van der Waals surface area contributed by atoms with Gasteiger partial charge >= 0.3 is 0 Å². The second kappa shape index (κ2) is 6.06. The molecule has 0 saturated heterocycles. The molecule has 3 N–H and O–H groups in total. The average Bonchev–Trinajstić information content (AvgIpc) is 2.84. The first-order valence-corrected chi connectivity index (χ1v) is 6.56. The normalized spacial score (nSPS) is 17.0. The third kappa shape index (κ3) is 2.81.